The van der Waals surface area contributed by atoms with Crippen LogP contribution in [-0.4, -0.2) is 13.2 Å². The van der Waals surface area contributed by atoms with Crippen LogP contribution in [0.15, 0.2) is 54.6 Å². The van der Waals surface area contributed by atoms with Crippen molar-refractivity contribution >= 4 is 0 Å². The maximum Gasteiger partial charge on any atom is 0.124 e. The van der Waals surface area contributed by atoms with Crippen molar-refractivity contribution in [1.82, 2.24) is 5.32 Å². The highest BCUT2D eigenvalue weighted by atomic mass is 16.5. The number of ether oxygens (including phenoxy) is 1. The van der Waals surface area contributed by atoms with E-state index in [0.717, 1.165) is 38.2 Å². The lowest BCUT2D eigenvalue weighted by molar-refractivity contribution is 0.298. The lowest BCUT2D eigenvalue weighted by Crippen LogP contribution is -2.21. The maximum absolute atomic E-state index is 6.07. The molecule has 26 heavy (non-hydrogen) atoms. The van der Waals surface area contributed by atoms with E-state index in [2.05, 4.69) is 73.8 Å². The summed E-state index contributed by atoms with van der Waals surface area (Å²) >= 11 is 0. The van der Waals surface area contributed by atoms with Crippen LogP contribution in [0, 0.1) is 0 Å². The van der Waals surface area contributed by atoms with Crippen molar-refractivity contribution in [2.24, 2.45) is 0 Å². The Morgan fingerprint density at radius 3 is 2.38 bits per heavy atom. The van der Waals surface area contributed by atoms with Crippen LogP contribution in [0.3, 0.4) is 0 Å². The molecule has 0 saturated heterocycles. The largest absolute Gasteiger partial charge is 0.493 e. The third-order valence-corrected chi connectivity index (χ3v) is 4.83. The molecule has 2 rings (SSSR count). The van der Waals surface area contributed by atoms with Crippen LogP contribution in [-0.2, 0) is 6.42 Å². The molecular weight excluding hydrogens is 318 g/mol. The quantitative estimate of drug-likeness (QED) is 0.425. The molecule has 1 atom stereocenters. The van der Waals surface area contributed by atoms with Gasteiger partial charge in [0, 0.05) is 11.6 Å². The summed E-state index contributed by atoms with van der Waals surface area (Å²) in [7, 11) is 0. The van der Waals surface area contributed by atoms with Crippen molar-refractivity contribution in [1.29, 1.82) is 0 Å². The number of rotatable bonds is 13. The van der Waals surface area contributed by atoms with E-state index in [1.807, 2.05) is 0 Å². The molecule has 0 aliphatic rings. The fourth-order valence-electron chi connectivity index (χ4n) is 3.22. The van der Waals surface area contributed by atoms with Gasteiger partial charge in [-0.25, -0.2) is 0 Å². The lowest BCUT2D eigenvalue weighted by atomic mass is 10.1. The molecule has 1 unspecified atom stereocenters. The first kappa shape index (κ1) is 20.5. The Hall–Kier alpha value is -1.80. The van der Waals surface area contributed by atoms with Gasteiger partial charge in [0.25, 0.3) is 0 Å². The second kappa shape index (κ2) is 12.5. The van der Waals surface area contributed by atoms with Gasteiger partial charge in [-0.15, -0.1) is 0 Å². The smallest absolute Gasteiger partial charge is 0.124 e. The Bertz CT molecular complexity index is 596. The van der Waals surface area contributed by atoms with Gasteiger partial charge in [0.2, 0.25) is 0 Å². The SMILES string of the molecule is CCCCCCCOc1ccccc1C(C)NCCCc1ccccc1. The van der Waals surface area contributed by atoms with Gasteiger partial charge in [-0.1, -0.05) is 81.1 Å². The molecule has 0 saturated carbocycles. The standard InChI is InChI=1S/C24H35NO/c1-3-4-5-6-12-20-26-24-18-11-10-17-23(24)21(2)25-19-13-16-22-14-8-7-9-15-22/h7-11,14-15,17-18,21,25H,3-6,12-13,16,19-20H2,1-2H3. The Labute approximate surface area is 160 Å². The van der Waals surface area contributed by atoms with E-state index in [9.17, 15) is 0 Å². The molecule has 0 aliphatic carbocycles. The van der Waals surface area contributed by atoms with Crippen LogP contribution < -0.4 is 10.1 Å². The van der Waals surface area contributed by atoms with Crippen LogP contribution in [0.5, 0.6) is 5.75 Å². The van der Waals surface area contributed by atoms with Crippen LogP contribution in [0.1, 0.15) is 69.5 Å². The maximum atomic E-state index is 6.07. The molecule has 2 aromatic rings. The molecule has 0 heterocycles. The van der Waals surface area contributed by atoms with E-state index >= 15 is 0 Å². The summed E-state index contributed by atoms with van der Waals surface area (Å²) in [5.74, 6) is 1.03. The molecule has 2 nitrogen and oxygen atoms in total. The van der Waals surface area contributed by atoms with Gasteiger partial charge < -0.3 is 10.1 Å². The zero-order valence-electron chi connectivity index (χ0n) is 16.5. The minimum Gasteiger partial charge on any atom is -0.493 e. The molecule has 2 aromatic carbocycles. The van der Waals surface area contributed by atoms with Crippen molar-refractivity contribution in [2.45, 2.75) is 64.8 Å². The van der Waals surface area contributed by atoms with E-state index in [4.69, 9.17) is 4.74 Å². The molecule has 1 N–H and O–H groups in total. The van der Waals surface area contributed by atoms with Crippen LogP contribution in [0.25, 0.3) is 0 Å². The summed E-state index contributed by atoms with van der Waals surface area (Å²) in [5.41, 5.74) is 2.68. The van der Waals surface area contributed by atoms with Crippen LogP contribution in [0.4, 0.5) is 0 Å². The molecule has 2 heteroatoms. The van der Waals surface area contributed by atoms with Crippen molar-refractivity contribution < 1.29 is 4.74 Å². The van der Waals surface area contributed by atoms with Gasteiger partial charge in [0.15, 0.2) is 0 Å². The van der Waals surface area contributed by atoms with Crippen LogP contribution >= 0.6 is 0 Å². The second-order valence-electron chi connectivity index (χ2n) is 7.07. The van der Waals surface area contributed by atoms with E-state index in [-0.39, 0.29) is 0 Å². The number of para-hydroxylation sites is 1. The first-order valence-corrected chi connectivity index (χ1v) is 10.3. The third-order valence-electron chi connectivity index (χ3n) is 4.83. The van der Waals surface area contributed by atoms with E-state index < -0.39 is 0 Å². The average Bonchev–Trinajstić information content (AvgIpc) is 2.69. The highest BCUT2D eigenvalue weighted by Gasteiger charge is 2.10. The number of benzene rings is 2. The van der Waals surface area contributed by atoms with E-state index in [0.29, 0.717) is 6.04 Å². The second-order valence-corrected chi connectivity index (χ2v) is 7.07. The van der Waals surface area contributed by atoms with Gasteiger partial charge in [-0.05, 0) is 44.4 Å². The monoisotopic (exact) mass is 353 g/mol. The summed E-state index contributed by atoms with van der Waals surface area (Å²) in [5, 5.41) is 3.65. The number of hydrogen-bond acceptors (Lipinski definition) is 2. The number of unbranched alkanes of at least 4 members (excludes halogenated alkanes) is 4. The van der Waals surface area contributed by atoms with Gasteiger partial charge in [-0.3, -0.25) is 0 Å². The van der Waals surface area contributed by atoms with E-state index in [1.165, 1.54) is 36.8 Å². The van der Waals surface area contributed by atoms with Gasteiger partial charge in [0.1, 0.15) is 5.75 Å². The van der Waals surface area contributed by atoms with Crippen LogP contribution in [0.2, 0.25) is 0 Å². The highest BCUT2D eigenvalue weighted by molar-refractivity contribution is 5.35. The molecular formula is C24H35NO. The predicted octanol–water partition coefficient (Wildman–Crippen LogP) is 6.32. The summed E-state index contributed by atoms with van der Waals surface area (Å²) in [4.78, 5) is 0. The molecule has 142 valence electrons. The third kappa shape index (κ3) is 7.61. The van der Waals surface area contributed by atoms with Gasteiger partial charge >= 0.3 is 0 Å². The predicted molar refractivity (Wildman–Crippen MR) is 112 cm³/mol. The van der Waals surface area contributed by atoms with Crippen molar-refractivity contribution in [3.8, 4) is 5.75 Å². The summed E-state index contributed by atoms with van der Waals surface area (Å²) in [6.07, 6.45) is 8.63. The fourth-order valence-corrected chi connectivity index (χ4v) is 3.22. The zero-order valence-corrected chi connectivity index (χ0v) is 16.5. The Balaban J connectivity index is 1.72. The number of hydrogen-bond donors (Lipinski definition) is 1. The first-order chi connectivity index (χ1) is 12.8. The van der Waals surface area contributed by atoms with E-state index in [1.54, 1.807) is 0 Å². The summed E-state index contributed by atoms with van der Waals surface area (Å²) in [6, 6.07) is 19.5. The average molecular weight is 354 g/mol. The van der Waals surface area contributed by atoms with Gasteiger partial charge in [-0.2, -0.15) is 0 Å². The molecule has 0 fully saturated rings. The minimum absolute atomic E-state index is 0.307. The first-order valence-electron chi connectivity index (χ1n) is 10.3. The highest BCUT2D eigenvalue weighted by Crippen LogP contribution is 2.25. The topological polar surface area (TPSA) is 21.3 Å². The molecule has 0 aromatic heterocycles. The normalized spacial score (nSPS) is 12.1. The van der Waals surface area contributed by atoms with Crippen molar-refractivity contribution in [2.75, 3.05) is 13.2 Å². The summed E-state index contributed by atoms with van der Waals surface area (Å²) < 4.78 is 6.07. The Kier molecular flexibility index (Phi) is 9.89. The van der Waals surface area contributed by atoms with Crippen molar-refractivity contribution in [3.05, 3.63) is 65.7 Å². The number of nitrogens with one attached hydrogen (secondary N) is 1. The number of aryl methyl sites for hydroxylation is 1. The molecule has 0 radical (unpaired) electrons. The summed E-state index contributed by atoms with van der Waals surface area (Å²) in [6.45, 7) is 6.32. The molecule has 0 spiro atoms. The minimum atomic E-state index is 0.307. The molecule has 0 amide bonds. The Morgan fingerprint density at radius 1 is 0.846 bits per heavy atom. The van der Waals surface area contributed by atoms with Crippen molar-refractivity contribution in [3.63, 3.8) is 0 Å². The lowest BCUT2D eigenvalue weighted by Gasteiger charge is -2.18. The molecule has 0 aliphatic heterocycles. The fraction of sp³-hybridized carbons (Fsp3) is 0.500. The zero-order chi connectivity index (χ0) is 18.5. The van der Waals surface area contributed by atoms with Gasteiger partial charge in [0.05, 0.1) is 6.61 Å². The molecule has 0 bridgehead atoms. The Morgan fingerprint density at radius 2 is 1.58 bits per heavy atom.